The molecule has 1 rings (SSSR count). The number of hydrogen-bond acceptors (Lipinski definition) is 2. The fraction of sp³-hybridized carbons (Fsp3) is 0.500. The molecule has 1 aromatic rings. The second kappa shape index (κ2) is 6.06. The summed E-state index contributed by atoms with van der Waals surface area (Å²) < 4.78 is 13.5. The normalized spacial score (nSPS) is 12.6. The zero-order chi connectivity index (χ0) is 12.1. The summed E-state index contributed by atoms with van der Waals surface area (Å²) in [5, 5.41) is 0.545. The largest absolute Gasteiger partial charge is 0.372 e. The zero-order valence-corrected chi connectivity index (χ0v) is 10.5. The van der Waals surface area contributed by atoms with E-state index in [2.05, 4.69) is 6.92 Å². The molecule has 0 bridgehead atoms. The van der Waals surface area contributed by atoms with E-state index in [1.807, 2.05) is 11.9 Å². The summed E-state index contributed by atoms with van der Waals surface area (Å²) in [4.78, 5) is 1.86. The molecule has 0 fully saturated rings. The van der Waals surface area contributed by atoms with Crippen LogP contribution < -0.4 is 10.6 Å². The summed E-state index contributed by atoms with van der Waals surface area (Å²) in [5.74, 6) is 0.127. The number of nitrogens with zero attached hydrogens (tertiary/aromatic N) is 1. The minimum Gasteiger partial charge on any atom is -0.372 e. The van der Waals surface area contributed by atoms with Crippen molar-refractivity contribution in [1.82, 2.24) is 0 Å². The first kappa shape index (κ1) is 13.3. The molecule has 2 nitrogen and oxygen atoms in total. The van der Waals surface area contributed by atoms with Crippen molar-refractivity contribution in [3.63, 3.8) is 0 Å². The predicted molar refractivity (Wildman–Crippen MR) is 67.5 cm³/mol. The molecule has 16 heavy (non-hydrogen) atoms. The van der Waals surface area contributed by atoms with Gasteiger partial charge in [0.1, 0.15) is 5.82 Å². The molecule has 0 heterocycles. The Kier molecular flexibility index (Phi) is 5.03. The van der Waals surface area contributed by atoms with Gasteiger partial charge < -0.3 is 10.6 Å². The lowest BCUT2D eigenvalue weighted by molar-refractivity contribution is 0.515. The lowest BCUT2D eigenvalue weighted by atomic mass is 10.1. The van der Waals surface area contributed by atoms with Crippen LogP contribution in [0.1, 0.15) is 13.3 Å². The van der Waals surface area contributed by atoms with E-state index in [0.29, 0.717) is 23.2 Å². The van der Waals surface area contributed by atoms with Crippen molar-refractivity contribution < 1.29 is 4.39 Å². The van der Waals surface area contributed by atoms with Crippen LogP contribution in [0.3, 0.4) is 0 Å². The maximum absolute atomic E-state index is 13.5. The average molecular weight is 245 g/mol. The van der Waals surface area contributed by atoms with Gasteiger partial charge in [-0.05, 0) is 30.7 Å². The molecule has 4 heteroatoms. The van der Waals surface area contributed by atoms with E-state index in [4.69, 9.17) is 17.3 Å². The Morgan fingerprint density at radius 3 is 2.75 bits per heavy atom. The highest BCUT2D eigenvalue weighted by atomic mass is 35.5. The number of benzene rings is 1. The molecule has 0 radical (unpaired) electrons. The van der Waals surface area contributed by atoms with Crippen molar-refractivity contribution in [2.75, 3.05) is 25.0 Å². The first-order valence-corrected chi connectivity index (χ1v) is 5.82. The van der Waals surface area contributed by atoms with E-state index < -0.39 is 0 Å². The van der Waals surface area contributed by atoms with Crippen LogP contribution in [0.2, 0.25) is 5.02 Å². The molecule has 0 amide bonds. The van der Waals surface area contributed by atoms with E-state index in [-0.39, 0.29) is 5.82 Å². The predicted octanol–water partition coefficient (Wildman–Crippen LogP) is 2.90. The maximum atomic E-state index is 13.5. The summed E-state index contributed by atoms with van der Waals surface area (Å²) >= 11 is 5.85. The van der Waals surface area contributed by atoms with E-state index in [0.717, 1.165) is 13.0 Å². The topological polar surface area (TPSA) is 29.3 Å². The molecule has 0 saturated heterocycles. The van der Waals surface area contributed by atoms with Crippen molar-refractivity contribution in [3.8, 4) is 0 Å². The van der Waals surface area contributed by atoms with E-state index in [9.17, 15) is 4.39 Å². The minimum absolute atomic E-state index is 0.251. The molecule has 0 aliphatic heterocycles. The monoisotopic (exact) mass is 244 g/mol. The molecule has 90 valence electrons. The van der Waals surface area contributed by atoms with Gasteiger partial charge >= 0.3 is 0 Å². The number of anilines is 1. The van der Waals surface area contributed by atoms with E-state index >= 15 is 0 Å². The fourth-order valence-electron chi connectivity index (χ4n) is 1.63. The first-order chi connectivity index (χ1) is 7.58. The molecule has 0 aliphatic rings. The Labute approximate surface area is 101 Å². The number of halogens is 2. The quantitative estimate of drug-likeness (QED) is 0.863. The van der Waals surface area contributed by atoms with Gasteiger partial charge in [0.05, 0.1) is 5.69 Å². The molecule has 2 N–H and O–H groups in total. The fourth-order valence-corrected chi connectivity index (χ4v) is 1.80. The molecule has 0 aromatic heterocycles. The zero-order valence-electron chi connectivity index (χ0n) is 9.71. The van der Waals surface area contributed by atoms with E-state index in [1.165, 1.54) is 6.07 Å². The highest BCUT2D eigenvalue weighted by molar-refractivity contribution is 6.30. The van der Waals surface area contributed by atoms with Gasteiger partial charge in [-0.25, -0.2) is 4.39 Å². The van der Waals surface area contributed by atoms with Gasteiger partial charge in [-0.15, -0.1) is 0 Å². The Bertz CT molecular complexity index is 340. The number of hydrogen-bond donors (Lipinski definition) is 1. The SMILES string of the molecule is CCC(CN)CN(C)c1cc(Cl)ccc1F. The standard InChI is InChI=1S/C12H18ClFN2/c1-3-9(7-15)8-16(2)12-6-10(13)4-5-11(12)14/h4-6,9H,3,7-8,15H2,1-2H3. The Balaban J connectivity index is 2.79. The average Bonchev–Trinajstić information content (AvgIpc) is 2.28. The van der Waals surface area contributed by atoms with Gasteiger partial charge in [-0.1, -0.05) is 24.9 Å². The summed E-state index contributed by atoms with van der Waals surface area (Å²) in [7, 11) is 1.85. The van der Waals surface area contributed by atoms with E-state index in [1.54, 1.807) is 12.1 Å². The summed E-state index contributed by atoms with van der Waals surface area (Å²) in [5.41, 5.74) is 6.16. The maximum Gasteiger partial charge on any atom is 0.146 e. The molecule has 1 atom stereocenters. The highest BCUT2D eigenvalue weighted by Gasteiger charge is 2.12. The Morgan fingerprint density at radius 1 is 1.50 bits per heavy atom. The molecule has 1 aromatic carbocycles. The third kappa shape index (κ3) is 3.35. The van der Waals surface area contributed by atoms with Crippen molar-refractivity contribution in [1.29, 1.82) is 0 Å². The van der Waals surface area contributed by atoms with Gasteiger partial charge in [0, 0.05) is 18.6 Å². The molecule has 1 unspecified atom stereocenters. The highest BCUT2D eigenvalue weighted by Crippen LogP contribution is 2.23. The third-order valence-electron chi connectivity index (χ3n) is 2.76. The minimum atomic E-state index is -0.251. The van der Waals surface area contributed by atoms with Gasteiger partial charge in [0.25, 0.3) is 0 Å². The molecule has 0 aliphatic carbocycles. The van der Waals surface area contributed by atoms with Gasteiger partial charge in [0.2, 0.25) is 0 Å². The number of rotatable bonds is 5. The van der Waals surface area contributed by atoms with Crippen LogP contribution in [0.5, 0.6) is 0 Å². The van der Waals surface area contributed by atoms with Crippen LogP contribution in [0, 0.1) is 11.7 Å². The Morgan fingerprint density at radius 2 is 2.19 bits per heavy atom. The third-order valence-corrected chi connectivity index (χ3v) is 3.00. The Hall–Kier alpha value is -0.800. The van der Waals surface area contributed by atoms with Crippen LogP contribution in [0.15, 0.2) is 18.2 Å². The van der Waals surface area contributed by atoms with Gasteiger partial charge in [-0.3, -0.25) is 0 Å². The summed E-state index contributed by atoms with van der Waals surface area (Å²) in [6, 6.07) is 4.58. The molecule has 0 spiro atoms. The van der Waals surface area contributed by atoms with Gasteiger partial charge in [0.15, 0.2) is 0 Å². The molecular formula is C12H18ClFN2. The van der Waals surface area contributed by atoms with Gasteiger partial charge in [-0.2, -0.15) is 0 Å². The summed E-state index contributed by atoms with van der Waals surface area (Å²) in [6.45, 7) is 3.44. The molecular weight excluding hydrogens is 227 g/mol. The molecule has 0 saturated carbocycles. The lowest BCUT2D eigenvalue weighted by Crippen LogP contribution is -2.30. The summed E-state index contributed by atoms with van der Waals surface area (Å²) in [6.07, 6.45) is 0.989. The number of nitrogens with two attached hydrogens (primary N) is 1. The smallest absolute Gasteiger partial charge is 0.146 e. The van der Waals surface area contributed by atoms with Crippen LogP contribution >= 0.6 is 11.6 Å². The van der Waals surface area contributed by atoms with Crippen LogP contribution in [-0.2, 0) is 0 Å². The lowest BCUT2D eigenvalue weighted by Gasteiger charge is -2.24. The van der Waals surface area contributed by atoms with Crippen molar-refractivity contribution in [3.05, 3.63) is 29.0 Å². The van der Waals surface area contributed by atoms with Crippen molar-refractivity contribution >= 4 is 17.3 Å². The first-order valence-electron chi connectivity index (χ1n) is 5.44. The van der Waals surface area contributed by atoms with Crippen LogP contribution in [-0.4, -0.2) is 20.1 Å². The van der Waals surface area contributed by atoms with Crippen LogP contribution in [0.25, 0.3) is 0 Å². The second-order valence-electron chi connectivity index (χ2n) is 3.99. The second-order valence-corrected chi connectivity index (χ2v) is 4.42. The van der Waals surface area contributed by atoms with Crippen molar-refractivity contribution in [2.45, 2.75) is 13.3 Å². The van der Waals surface area contributed by atoms with Crippen molar-refractivity contribution in [2.24, 2.45) is 11.7 Å². The van der Waals surface area contributed by atoms with Crippen LogP contribution in [0.4, 0.5) is 10.1 Å².